The largest absolute Gasteiger partial charge is 0.309 e. The molecule has 1 heteroatoms. The predicted molar refractivity (Wildman–Crippen MR) is 54.1 cm³/mol. The van der Waals surface area contributed by atoms with Crippen LogP contribution in [-0.4, -0.2) is 13.1 Å². The second kappa shape index (κ2) is 4.27. The second-order valence-electron chi connectivity index (χ2n) is 3.30. The molecule has 0 aromatic heterocycles. The molecule has 1 nitrogen and oxygen atoms in total. The van der Waals surface area contributed by atoms with E-state index >= 15 is 0 Å². The summed E-state index contributed by atoms with van der Waals surface area (Å²) in [5.74, 6) is 0. The van der Waals surface area contributed by atoms with E-state index in [0.717, 1.165) is 13.1 Å². The number of rotatable bonds is 2. The minimum atomic E-state index is 1.03. The van der Waals surface area contributed by atoms with Crippen LogP contribution in [0.3, 0.4) is 0 Å². The number of hydrogen-bond acceptors (Lipinski definition) is 1. The summed E-state index contributed by atoms with van der Waals surface area (Å²) in [5, 5.41) is 3.33. The van der Waals surface area contributed by atoms with E-state index in [4.69, 9.17) is 0 Å². The van der Waals surface area contributed by atoms with Crippen LogP contribution in [0, 0.1) is 0 Å². The fraction of sp³-hybridized carbons (Fsp3) is 0.455. The van der Waals surface area contributed by atoms with Crippen molar-refractivity contribution in [3.05, 3.63) is 34.9 Å². The fourth-order valence-electron chi connectivity index (χ4n) is 1.41. The van der Waals surface area contributed by atoms with E-state index in [1.807, 2.05) is 6.92 Å². The Balaban J connectivity index is 2.72. The summed E-state index contributed by atoms with van der Waals surface area (Å²) >= 11 is 0. The van der Waals surface area contributed by atoms with Gasteiger partial charge in [-0.05, 0) is 26.3 Å². The van der Waals surface area contributed by atoms with Crippen LogP contribution in [0.5, 0.6) is 0 Å². The van der Waals surface area contributed by atoms with Crippen molar-refractivity contribution in [3.8, 4) is 0 Å². The van der Waals surface area contributed by atoms with E-state index in [1.165, 1.54) is 16.7 Å². The van der Waals surface area contributed by atoms with Gasteiger partial charge in [-0.1, -0.05) is 29.4 Å². The molecule has 66 valence electrons. The van der Waals surface area contributed by atoms with Crippen molar-refractivity contribution in [1.82, 2.24) is 5.32 Å². The maximum absolute atomic E-state index is 3.33. The van der Waals surface area contributed by atoms with Crippen molar-refractivity contribution in [2.24, 2.45) is 0 Å². The highest BCUT2D eigenvalue weighted by molar-refractivity contribution is 5.35. The van der Waals surface area contributed by atoms with Crippen molar-refractivity contribution in [2.75, 3.05) is 13.1 Å². The monoisotopic (exact) mass is 163 g/mol. The Kier molecular flexibility index (Phi) is 3.30. The van der Waals surface area contributed by atoms with Crippen molar-refractivity contribution in [2.45, 2.75) is 20.8 Å². The summed E-state index contributed by atoms with van der Waals surface area (Å²) in [7, 11) is 0. The van der Waals surface area contributed by atoms with Gasteiger partial charge in [-0.3, -0.25) is 0 Å². The highest BCUT2D eigenvalue weighted by Gasteiger charge is 2.06. The lowest BCUT2D eigenvalue weighted by Gasteiger charge is -1.96. The van der Waals surface area contributed by atoms with Crippen molar-refractivity contribution in [1.29, 1.82) is 0 Å². The highest BCUT2D eigenvalue weighted by atomic mass is 14.9. The van der Waals surface area contributed by atoms with Gasteiger partial charge in [0, 0.05) is 13.1 Å². The lowest BCUT2D eigenvalue weighted by molar-refractivity contribution is 0.868. The number of nitrogens with one attached hydrogen (secondary N) is 1. The van der Waals surface area contributed by atoms with Crippen LogP contribution in [0.4, 0.5) is 0 Å². The molecule has 0 aromatic carbocycles. The van der Waals surface area contributed by atoms with Gasteiger partial charge in [-0.25, -0.2) is 0 Å². The molecule has 0 radical (unpaired) electrons. The number of allylic oxidation sites excluding steroid dienone is 3. The molecular formula is C11H17N. The first-order valence-electron chi connectivity index (χ1n) is 4.44. The first kappa shape index (κ1) is 9.27. The second-order valence-corrected chi connectivity index (χ2v) is 3.30. The summed E-state index contributed by atoms with van der Waals surface area (Å²) in [4.78, 5) is 0. The molecule has 0 spiro atoms. The molecule has 0 saturated heterocycles. The van der Waals surface area contributed by atoms with Gasteiger partial charge >= 0.3 is 0 Å². The summed E-state index contributed by atoms with van der Waals surface area (Å²) in [6.45, 7) is 8.45. The zero-order valence-electron chi connectivity index (χ0n) is 8.15. The third kappa shape index (κ3) is 2.35. The number of hydrogen-bond donors (Lipinski definition) is 1. The smallest absolute Gasteiger partial charge is 0.0208 e. The van der Waals surface area contributed by atoms with E-state index in [-0.39, 0.29) is 0 Å². The molecule has 0 amide bonds. The van der Waals surface area contributed by atoms with Gasteiger partial charge in [-0.15, -0.1) is 0 Å². The summed E-state index contributed by atoms with van der Waals surface area (Å²) in [6.07, 6.45) is 6.47. The van der Waals surface area contributed by atoms with Gasteiger partial charge in [0.25, 0.3) is 0 Å². The molecule has 1 aliphatic rings. The van der Waals surface area contributed by atoms with Crippen molar-refractivity contribution in [3.63, 3.8) is 0 Å². The Morgan fingerprint density at radius 1 is 1.42 bits per heavy atom. The Morgan fingerprint density at radius 2 is 2.17 bits per heavy atom. The van der Waals surface area contributed by atoms with Gasteiger partial charge < -0.3 is 5.32 Å². The molecular weight excluding hydrogens is 146 g/mol. The van der Waals surface area contributed by atoms with Crippen LogP contribution in [0.2, 0.25) is 0 Å². The fourth-order valence-corrected chi connectivity index (χ4v) is 1.41. The molecule has 1 N–H and O–H groups in total. The van der Waals surface area contributed by atoms with Crippen molar-refractivity contribution < 1.29 is 0 Å². The SMILES string of the molecule is C/C=C\C(C)=C/C1=C(C)CNC1. The van der Waals surface area contributed by atoms with Gasteiger partial charge in [0.15, 0.2) is 0 Å². The highest BCUT2D eigenvalue weighted by Crippen LogP contribution is 2.12. The van der Waals surface area contributed by atoms with E-state index in [0.29, 0.717) is 0 Å². The van der Waals surface area contributed by atoms with Gasteiger partial charge in [0.2, 0.25) is 0 Å². The van der Waals surface area contributed by atoms with Crippen LogP contribution >= 0.6 is 0 Å². The molecule has 1 aliphatic heterocycles. The summed E-state index contributed by atoms with van der Waals surface area (Å²) in [6, 6.07) is 0. The van der Waals surface area contributed by atoms with Crippen LogP contribution in [0.15, 0.2) is 34.9 Å². The lowest BCUT2D eigenvalue weighted by Crippen LogP contribution is -2.08. The normalized spacial score (nSPS) is 19.8. The minimum absolute atomic E-state index is 1.03. The zero-order chi connectivity index (χ0) is 8.97. The Hall–Kier alpha value is -0.820. The average molecular weight is 163 g/mol. The van der Waals surface area contributed by atoms with E-state index in [9.17, 15) is 0 Å². The van der Waals surface area contributed by atoms with Crippen molar-refractivity contribution >= 4 is 0 Å². The third-order valence-electron chi connectivity index (χ3n) is 2.09. The van der Waals surface area contributed by atoms with Gasteiger partial charge in [0.1, 0.15) is 0 Å². The van der Waals surface area contributed by atoms with E-state index < -0.39 is 0 Å². The minimum Gasteiger partial charge on any atom is -0.309 e. The molecule has 1 rings (SSSR count). The van der Waals surface area contributed by atoms with Crippen LogP contribution < -0.4 is 5.32 Å². The Labute approximate surface area is 74.9 Å². The first-order valence-corrected chi connectivity index (χ1v) is 4.44. The van der Waals surface area contributed by atoms with Crippen LogP contribution in [0.1, 0.15) is 20.8 Å². The molecule has 0 aromatic rings. The maximum atomic E-state index is 3.33. The molecule has 0 fully saturated rings. The zero-order valence-corrected chi connectivity index (χ0v) is 8.15. The predicted octanol–water partition coefficient (Wildman–Crippen LogP) is 2.43. The Morgan fingerprint density at radius 3 is 2.67 bits per heavy atom. The Bertz CT molecular complexity index is 244. The van der Waals surface area contributed by atoms with E-state index in [2.05, 4.69) is 37.4 Å². The molecule has 0 bridgehead atoms. The van der Waals surface area contributed by atoms with Gasteiger partial charge in [-0.2, -0.15) is 0 Å². The third-order valence-corrected chi connectivity index (χ3v) is 2.09. The topological polar surface area (TPSA) is 12.0 Å². The summed E-state index contributed by atoms with van der Waals surface area (Å²) in [5.41, 5.74) is 4.25. The average Bonchev–Trinajstić information content (AvgIpc) is 2.37. The molecule has 0 unspecified atom stereocenters. The molecule has 12 heavy (non-hydrogen) atoms. The van der Waals surface area contributed by atoms with Crippen LogP contribution in [-0.2, 0) is 0 Å². The quantitative estimate of drug-likeness (QED) is 0.616. The first-order chi connectivity index (χ1) is 5.74. The molecule has 1 heterocycles. The van der Waals surface area contributed by atoms with Gasteiger partial charge in [0.05, 0.1) is 0 Å². The standard InChI is InChI=1S/C11H17N/c1-4-5-9(2)6-11-8-12-7-10(11)3/h4-6,12H,7-8H2,1-3H3/b5-4-,9-6-. The molecule has 0 saturated carbocycles. The summed E-state index contributed by atoms with van der Waals surface area (Å²) < 4.78 is 0. The lowest BCUT2D eigenvalue weighted by atomic mass is 10.1. The van der Waals surface area contributed by atoms with Crippen LogP contribution in [0.25, 0.3) is 0 Å². The molecule has 0 aliphatic carbocycles. The van der Waals surface area contributed by atoms with E-state index in [1.54, 1.807) is 0 Å². The maximum Gasteiger partial charge on any atom is 0.0208 e. The molecule has 0 atom stereocenters.